The summed E-state index contributed by atoms with van der Waals surface area (Å²) in [5.74, 6) is -0.112. The van der Waals surface area contributed by atoms with E-state index in [0.717, 1.165) is 22.9 Å². The van der Waals surface area contributed by atoms with E-state index in [-0.39, 0.29) is 29.6 Å². The first-order valence-corrected chi connectivity index (χ1v) is 13.0. The van der Waals surface area contributed by atoms with Gasteiger partial charge in [0, 0.05) is 10.0 Å². The van der Waals surface area contributed by atoms with Crippen molar-refractivity contribution >= 4 is 49.5 Å². The van der Waals surface area contributed by atoms with E-state index in [1.54, 1.807) is 36.4 Å². The zero-order chi connectivity index (χ0) is 25.4. The number of carbonyl (C=O) groups is 1. The van der Waals surface area contributed by atoms with Crippen LogP contribution in [0.25, 0.3) is 21.7 Å². The van der Waals surface area contributed by atoms with Crippen molar-refractivity contribution in [3.63, 3.8) is 0 Å². The number of halogens is 1. The van der Waals surface area contributed by atoms with Crippen LogP contribution in [-0.2, 0) is 11.3 Å². The van der Waals surface area contributed by atoms with Crippen LogP contribution in [0.1, 0.15) is 34.9 Å². The van der Waals surface area contributed by atoms with Crippen LogP contribution >= 0.6 is 15.9 Å². The summed E-state index contributed by atoms with van der Waals surface area (Å²) in [4.78, 5) is 31.2. The Hall–Kier alpha value is -3.81. The molecule has 5 aromatic rings. The molecule has 1 fully saturated rings. The molecule has 4 aromatic carbocycles. The summed E-state index contributed by atoms with van der Waals surface area (Å²) in [6.07, 6.45) is 1.43. The van der Waals surface area contributed by atoms with Gasteiger partial charge in [-0.05, 0) is 65.6 Å². The molecule has 7 heteroatoms. The number of fused-ring (bicyclic) bond motifs is 2. The Morgan fingerprint density at radius 3 is 2.57 bits per heavy atom. The van der Waals surface area contributed by atoms with Crippen molar-refractivity contribution in [1.29, 1.82) is 0 Å². The fraction of sp³-hybridized carbons (Fsp3) is 0.167. The van der Waals surface area contributed by atoms with E-state index in [9.17, 15) is 9.59 Å². The van der Waals surface area contributed by atoms with Crippen molar-refractivity contribution < 1.29 is 9.53 Å². The average molecular weight is 554 g/mol. The number of aromatic nitrogens is 2. The summed E-state index contributed by atoms with van der Waals surface area (Å²) < 4.78 is 8.76. The maximum absolute atomic E-state index is 13.6. The summed E-state index contributed by atoms with van der Waals surface area (Å²) >= 11 is 3.45. The molecular formula is C30H24BrN3O3. The molecule has 6 rings (SSSR count). The van der Waals surface area contributed by atoms with E-state index >= 15 is 0 Å². The van der Waals surface area contributed by atoms with Gasteiger partial charge in [0.1, 0.15) is 0 Å². The van der Waals surface area contributed by atoms with Gasteiger partial charge in [-0.25, -0.2) is 4.98 Å². The molecular weight excluding hydrogens is 530 g/mol. The molecule has 0 saturated carbocycles. The summed E-state index contributed by atoms with van der Waals surface area (Å²) in [7, 11) is 0. The minimum absolute atomic E-state index is 0.0444. The highest BCUT2D eigenvalue weighted by Crippen LogP contribution is 2.35. The van der Waals surface area contributed by atoms with Crippen molar-refractivity contribution in [2.24, 2.45) is 0 Å². The van der Waals surface area contributed by atoms with Gasteiger partial charge < -0.3 is 4.74 Å². The van der Waals surface area contributed by atoms with E-state index in [0.29, 0.717) is 23.0 Å². The molecule has 1 aliphatic heterocycles. The Balaban J connectivity index is 1.30. The molecule has 1 amide bonds. The second-order valence-electron chi connectivity index (χ2n) is 9.26. The minimum Gasteiger partial charge on any atom is -0.368 e. The zero-order valence-corrected chi connectivity index (χ0v) is 21.5. The zero-order valence-electron chi connectivity index (χ0n) is 19.9. The number of nitrogens with one attached hydrogen (secondary N) is 1. The quantitative estimate of drug-likeness (QED) is 0.270. The van der Waals surface area contributed by atoms with Crippen LogP contribution in [0.2, 0.25) is 0 Å². The van der Waals surface area contributed by atoms with Gasteiger partial charge in [0.05, 0.1) is 29.7 Å². The molecule has 1 N–H and O–H groups in total. The lowest BCUT2D eigenvalue weighted by Gasteiger charge is -2.19. The van der Waals surface area contributed by atoms with Crippen molar-refractivity contribution in [2.45, 2.75) is 31.6 Å². The molecule has 0 spiro atoms. The smallest absolute Gasteiger partial charge is 0.262 e. The van der Waals surface area contributed by atoms with E-state index in [1.807, 2.05) is 24.3 Å². The highest BCUT2D eigenvalue weighted by Gasteiger charge is 2.28. The lowest BCUT2D eigenvalue weighted by molar-refractivity contribution is 0.0348. The molecule has 6 nitrogen and oxygen atoms in total. The molecule has 2 heterocycles. The van der Waals surface area contributed by atoms with Crippen LogP contribution in [-0.4, -0.2) is 21.6 Å². The lowest BCUT2D eigenvalue weighted by Crippen LogP contribution is -2.31. The van der Waals surface area contributed by atoms with Gasteiger partial charge in [-0.3, -0.25) is 19.5 Å². The predicted molar refractivity (Wildman–Crippen MR) is 149 cm³/mol. The molecule has 0 unspecified atom stereocenters. The van der Waals surface area contributed by atoms with E-state index in [4.69, 9.17) is 4.74 Å². The van der Waals surface area contributed by atoms with Gasteiger partial charge in [0.2, 0.25) is 5.95 Å². The van der Waals surface area contributed by atoms with Crippen LogP contribution in [0.4, 0.5) is 5.95 Å². The first kappa shape index (κ1) is 23.6. The molecule has 0 aliphatic carbocycles. The van der Waals surface area contributed by atoms with Crippen molar-refractivity contribution in [3.05, 3.63) is 117 Å². The van der Waals surface area contributed by atoms with Gasteiger partial charge in [0.15, 0.2) is 0 Å². The standard InChI is InChI=1S/C30H24BrN3O3/c31-23-12-14-25-26(17-23)32-30(33-28(35)20-7-2-1-3-8-20)34(29(25)36)18-24-13-15-27(37-24)22-11-10-19-6-4-5-9-21(19)16-22/h1-12,14,16-17,24,27H,13,15,18H2,(H,32,33,35)/t24-,27-/m0/s1. The molecule has 37 heavy (non-hydrogen) atoms. The fourth-order valence-corrected chi connectivity index (χ4v) is 5.27. The van der Waals surface area contributed by atoms with Crippen LogP contribution < -0.4 is 10.9 Å². The molecule has 2 atom stereocenters. The average Bonchev–Trinajstić information content (AvgIpc) is 3.39. The van der Waals surface area contributed by atoms with Crippen molar-refractivity contribution in [3.8, 4) is 0 Å². The van der Waals surface area contributed by atoms with E-state index < -0.39 is 0 Å². The molecule has 184 valence electrons. The maximum Gasteiger partial charge on any atom is 0.262 e. The third-order valence-corrected chi connectivity index (χ3v) is 7.31. The summed E-state index contributed by atoms with van der Waals surface area (Å²) in [5, 5.41) is 5.72. The molecule has 1 aromatic heterocycles. The number of rotatable bonds is 5. The van der Waals surface area contributed by atoms with Crippen molar-refractivity contribution in [1.82, 2.24) is 9.55 Å². The molecule has 1 aliphatic rings. The summed E-state index contributed by atoms with van der Waals surface area (Å²) in [5.41, 5.74) is 1.93. The van der Waals surface area contributed by atoms with Crippen LogP contribution in [0, 0.1) is 0 Å². The van der Waals surface area contributed by atoms with Crippen LogP contribution in [0.15, 0.2) is 100 Å². The molecule has 0 radical (unpaired) electrons. The van der Waals surface area contributed by atoms with E-state index in [2.05, 4.69) is 56.6 Å². The first-order chi connectivity index (χ1) is 18.0. The Kier molecular flexibility index (Phi) is 6.32. The second-order valence-corrected chi connectivity index (χ2v) is 10.2. The Morgan fingerprint density at radius 1 is 0.946 bits per heavy atom. The van der Waals surface area contributed by atoms with Gasteiger partial charge in [-0.15, -0.1) is 0 Å². The SMILES string of the molecule is O=C(Nc1nc2cc(Br)ccc2c(=O)n1C[C@@H]1CC[C@@H](c2ccc3ccccc3c2)O1)c1ccccc1. The number of nitrogens with zero attached hydrogens (tertiary/aromatic N) is 2. The Morgan fingerprint density at radius 2 is 1.73 bits per heavy atom. The number of anilines is 1. The normalized spacial score (nSPS) is 17.3. The third kappa shape index (κ3) is 4.80. The number of hydrogen-bond acceptors (Lipinski definition) is 4. The summed E-state index contributed by atoms with van der Waals surface area (Å²) in [6, 6.07) is 28.9. The lowest BCUT2D eigenvalue weighted by atomic mass is 10.0. The van der Waals surface area contributed by atoms with Gasteiger partial charge in [-0.2, -0.15) is 0 Å². The third-order valence-electron chi connectivity index (χ3n) is 6.82. The number of ether oxygens (including phenoxy) is 1. The minimum atomic E-state index is -0.322. The van der Waals surface area contributed by atoms with Crippen molar-refractivity contribution in [2.75, 3.05) is 5.32 Å². The maximum atomic E-state index is 13.6. The number of hydrogen-bond donors (Lipinski definition) is 1. The summed E-state index contributed by atoms with van der Waals surface area (Å²) in [6.45, 7) is 0.298. The largest absolute Gasteiger partial charge is 0.368 e. The number of carbonyl (C=O) groups excluding carboxylic acids is 1. The van der Waals surface area contributed by atoms with Gasteiger partial charge in [0.25, 0.3) is 11.5 Å². The van der Waals surface area contributed by atoms with Gasteiger partial charge in [-0.1, -0.05) is 70.5 Å². The number of amides is 1. The Bertz CT molecular complexity index is 1680. The monoisotopic (exact) mass is 553 g/mol. The highest BCUT2D eigenvalue weighted by molar-refractivity contribution is 9.10. The van der Waals surface area contributed by atoms with Crippen LogP contribution in [0.5, 0.6) is 0 Å². The van der Waals surface area contributed by atoms with Crippen LogP contribution in [0.3, 0.4) is 0 Å². The second kappa shape index (κ2) is 9.92. The Labute approximate surface area is 222 Å². The fourth-order valence-electron chi connectivity index (χ4n) is 4.92. The topological polar surface area (TPSA) is 73.2 Å². The highest BCUT2D eigenvalue weighted by atomic mass is 79.9. The molecule has 1 saturated heterocycles. The predicted octanol–water partition coefficient (Wildman–Crippen LogP) is 6.48. The van der Waals surface area contributed by atoms with Gasteiger partial charge >= 0.3 is 0 Å². The number of benzene rings is 4. The molecule has 0 bridgehead atoms. The first-order valence-electron chi connectivity index (χ1n) is 12.3. The van der Waals surface area contributed by atoms with E-state index in [1.165, 1.54) is 15.3 Å².